The molecule has 3 heteroatoms. The van der Waals surface area contributed by atoms with Gasteiger partial charge in [0.25, 0.3) is 0 Å². The third-order valence-corrected chi connectivity index (χ3v) is 2.24. The van der Waals surface area contributed by atoms with Gasteiger partial charge in [-0.3, -0.25) is 0 Å². The summed E-state index contributed by atoms with van der Waals surface area (Å²) in [5, 5.41) is 9.43. The van der Waals surface area contributed by atoms with Crippen molar-refractivity contribution >= 4 is 0 Å². The lowest BCUT2D eigenvalue weighted by molar-refractivity contribution is 0.118. The summed E-state index contributed by atoms with van der Waals surface area (Å²) in [5.74, 6) is 0.239. The second-order valence-electron chi connectivity index (χ2n) is 3.20. The minimum absolute atomic E-state index is 0.239. The Morgan fingerprint density at radius 3 is 3.00 bits per heavy atom. The van der Waals surface area contributed by atoms with Gasteiger partial charge in [0, 0.05) is 5.92 Å². The first kappa shape index (κ1) is 7.83. The van der Waals surface area contributed by atoms with Crippen LogP contribution in [0.5, 0.6) is 0 Å². The Morgan fingerprint density at radius 2 is 2.42 bits per heavy atom. The molecule has 2 atom stereocenters. The zero-order valence-electron chi connectivity index (χ0n) is 6.77. The summed E-state index contributed by atoms with van der Waals surface area (Å²) in [7, 11) is 0. The first-order valence-electron chi connectivity index (χ1n) is 4.13. The summed E-state index contributed by atoms with van der Waals surface area (Å²) in [6.45, 7) is 1.13. The second-order valence-corrected chi connectivity index (χ2v) is 3.20. The summed E-state index contributed by atoms with van der Waals surface area (Å²) in [5.41, 5.74) is 1.13. The van der Waals surface area contributed by atoms with E-state index < -0.39 is 0 Å². The van der Waals surface area contributed by atoms with Gasteiger partial charge in [0.15, 0.2) is 0 Å². The molecule has 1 saturated heterocycles. The molecule has 2 unspecified atom stereocenters. The molecule has 1 fully saturated rings. The van der Waals surface area contributed by atoms with Gasteiger partial charge in [-0.1, -0.05) is 0 Å². The first-order valence-corrected chi connectivity index (χ1v) is 4.13. The molecule has 2 heterocycles. The maximum Gasteiger partial charge on any atom is 0.0934 e. The van der Waals surface area contributed by atoms with Gasteiger partial charge in [-0.15, -0.1) is 0 Å². The monoisotopic (exact) mass is 168 g/mol. The van der Waals surface area contributed by atoms with Gasteiger partial charge in [-0.2, -0.15) is 0 Å². The van der Waals surface area contributed by atoms with Gasteiger partial charge in [-0.25, -0.2) is 0 Å². The number of furan rings is 1. The van der Waals surface area contributed by atoms with E-state index in [0.29, 0.717) is 13.2 Å². The predicted octanol–water partition coefficient (Wildman–Crippen LogP) is 0.829. The van der Waals surface area contributed by atoms with Crippen molar-refractivity contribution in [1.82, 2.24) is 0 Å². The third-order valence-electron chi connectivity index (χ3n) is 2.24. The van der Waals surface area contributed by atoms with E-state index in [4.69, 9.17) is 9.15 Å². The molecule has 1 aliphatic rings. The minimum Gasteiger partial charge on any atom is -0.472 e. The molecule has 0 spiro atoms. The van der Waals surface area contributed by atoms with Crippen LogP contribution in [0.25, 0.3) is 0 Å². The van der Waals surface area contributed by atoms with Crippen LogP contribution in [0.4, 0.5) is 0 Å². The second kappa shape index (κ2) is 3.29. The van der Waals surface area contributed by atoms with Gasteiger partial charge in [0.05, 0.1) is 31.8 Å². The number of aliphatic hydroxyl groups excluding tert-OH is 1. The number of rotatable bonds is 2. The van der Waals surface area contributed by atoms with Crippen molar-refractivity contribution in [2.75, 3.05) is 13.2 Å². The normalized spacial score (nSPS) is 29.4. The van der Waals surface area contributed by atoms with Crippen LogP contribution in [-0.2, 0) is 11.2 Å². The lowest BCUT2D eigenvalue weighted by Crippen LogP contribution is -2.19. The quantitative estimate of drug-likeness (QED) is 0.711. The van der Waals surface area contributed by atoms with E-state index in [1.165, 1.54) is 0 Å². The van der Waals surface area contributed by atoms with E-state index in [1.54, 1.807) is 12.5 Å². The molecule has 1 aromatic heterocycles. The maximum absolute atomic E-state index is 9.43. The molecule has 0 saturated carbocycles. The van der Waals surface area contributed by atoms with Crippen molar-refractivity contribution in [3.8, 4) is 0 Å². The van der Waals surface area contributed by atoms with E-state index in [-0.39, 0.29) is 12.0 Å². The standard InChI is InChI=1S/C9H12O3/c10-9-6-12-5-8(9)3-7-1-2-11-4-7/h1-2,4,8-10H,3,5-6H2. The van der Waals surface area contributed by atoms with Crippen molar-refractivity contribution in [1.29, 1.82) is 0 Å². The molecule has 0 aromatic carbocycles. The summed E-state index contributed by atoms with van der Waals surface area (Å²) in [6.07, 6.45) is 3.90. The van der Waals surface area contributed by atoms with Crippen molar-refractivity contribution < 1.29 is 14.3 Å². The Morgan fingerprint density at radius 1 is 1.50 bits per heavy atom. The molecule has 12 heavy (non-hydrogen) atoms. The van der Waals surface area contributed by atoms with Crippen molar-refractivity contribution in [2.24, 2.45) is 5.92 Å². The van der Waals surface area contributed by atoms with Gasteiger partial charge in [-0.05, 0) is 18.1 Å². The number of ether oxygens (including phenoxy) is 1. The van der Waals surface area contributed by atoms with E-state index in [0.717, 1.165) is 12.0 Å². The highest BCUT2D eigenvalue weighted by Crippen LogP contribution is 2.18. The SMILES string of the molecule is OC1COCC1Cc1ccoc1. The Balaban J connectivity index is 1.95. The Bertz CT molecular complexity index is 230. The van der Waals surface area contributed by atoms with Gasteiger partial charge >= 0.3 is 0 Å². The predicted molar refractivity (Wildman–Crippen MR) is 42.7 cm³/mol. The van der Waals surface area contributed by atoms with Gasteiger partial charge < -0.3 is 14.3 Å². The van der Waals surface area contributed by atoms with E-state index >= 15 is 0 Å². The molecular formula is C9H12O3. The molecule has 3 nitrogen and oxygen atoms in total. The Labute approximate surface area is 71.0 Å². The average Bonchev–Trinajstić information content (AvgIpc) is 2.65. The minimum atomic E-state index is -0.306. The zero-order valence-corrected chi connectivity index (χ0v) is 6.77. The van der Waals surface area contributed by atoms with Crippen molar-refractivity contribution in [3.63, 3.8) is 0 Å². The van der Waals surface area contributed by atoms with Crippen LogP contribution in [0.2, 0.25) is 0 Å². The fourth-order valence-electron chi connectivity index (χ4n) is 1.49. The van der Waals surface area contributed by atoms with Crippen LogP contribution in [0, 0.1) is 5.92 Å². The molecule has 1 N–H and O–H groups in total. The largest absolute Gasteiger partial charge is 0.472 e. The van der Waals surface area contributed by atoms with Crippen LogP contribution < -0.4 is 0 Å². The summed E-state index contributed by atoms with van der Waals surface area (Å²) in [6, 6.07) is 1.92. The highest BCUT2D eigenvalue weighted by Gasteiger charge is 2.26. The van der Waals surface area contributed by atoms with Crippen LogP contribution in [0.15, 0.2) is 23.0 Å². The topological polar surface area (TPSA) is 42.6 Å². The number of hydrogen-bond donors (Lipinski definition) is 1. The van der Waals surface area contributed by atoms with Gasteiger partial charge in [0.2, 0.25) is 0 Å². The molecule has 0 radical (unpaired) electrons. The zero-order chi connectivity index (χ0) is 8.39. The molecular weight excluding hydrogens is 156 g/mol. The van der Waals surface area contributed by atoms with Gasteiger partial charge in [0.1, 0.15) is 0 Å². The number of hydrogen-bond acceptors (Lipinski definition) is 3. The molecule has 1 aromatic rings. The highest BCUT2D eigenvalue weighted by molar-refractivity contribution is 5.07. The van der Waals surface area contributed by atoms with E-state index in [9.17, 15) is 5.11 Å². The molecule has 0 amide bonds. The first-order chi connectivity index (χ1) is 5.86. The fraction of sp³-hybridized carbons (Fsp3) is 0.556. The van der Waals surface area contributed by atoms with Crippen molar-refractivity contribution in [3.05, 3.63) is 24.2 Å². The molecule has 0 aliphatic carbocycles. The highest BCUT2D eigenvalue weighted by atomic mass is 16.5. The fourth-order valence-corrected chi connectivity index (χ4v) is 1.49. The molecule has 2 rings (SSSR count). The third kappa shape index (κ3) is 1.52. The lowest BCUT2D eigenvalue weighted by atomic mass is 9.99. The van der Waals surface area contributed by atoms with Crippen LogP contribution in [0.1, 0.15) is 5.56 Å². The van der Waals surface area contributed by atoms with Crippen molar-refractivity contribution in [2.45, 2.75) is 12.5 Å². The summed E-state index contributed by atoms with van der Waals surface area (Å²) in [4.78, 5) is 0. The van der Waals surface area contributed by atoms with E-state index in [2.05, 4.69) is 0 Å². The average molecular weight is 168 g/mol. The van der Waals surface area contributed by atoms with Crippen LogP contribution in [0.3, 0.4) is 0 Å². The Kier molecular flexibility index (Phi) is 2.15. The molecule has 66 valence electrons. The van der Waals surface area contributed by atoms with Crippen LogP contribution >= 0.6 is 0 Å². The maximum atomic E-state index is 9.43. The van der Waals surface area contributed by atoms with Crippen LogP contribution in [-0.4, -0.2) is 24.4 Å². The summed E-state index contributed by atoms with van der Waals surface area (Å²) >= 11 is 0. The number of aliphatic hydroxyl groups is 1. The summed E-state index contributed by atoms with van der Waals surface area (Å²) < 4.78 is 10.1. The smallest absolute Gasteiger partial charge is 0.0934 e. The Hall–Kier alpha value is -0.800. The van der Waals surface area contributed by atoms with E-state index in [1.807, 2.05) is 6.07 Å². The molecule has 1 aliphatic heterocycles. The molecule has 0 bridgehead atoms. The lowest BCUT2D eigenvalue weighted by Gasteiger charge is -2.09.